The van der Waals surface area contributed by atoms with Gasteiger partial charge in [-0.3, -0.25) is 4.79 Å². The molecule has 118 valence electrons. The molecular weight excluding hydrogens is 270 g/mol. The third-order valence-electron chi connectivity index (χ3n) is 3.16. The molecule has 2 unspecified atom stereocenters. The van der Waals surface area contributed by atoms with Crippen molar-refractivity contribution in [3.05, 3.63) is 29.8 Å². The maximum Gasteiger partial charge on any atom is 0.216 e. The van der Waals surface area contributed by atoms with Crippen LogP contribution in [0.1, 0.15) is 44.8 Å². The Bertz CT molecular complexity index is 419. The number of carbonyl (C=O) groups is 1. The number of aliphatic hydroxyl groups excluding tert-OH is 2. The maximum atomic E-state index is 10.8. The van der Waals surface area contributed by atoms with Crippen molar-refractivity contribution in [1.82, 2.24) is 5.32 Å². The third kappa shape index (κ3) is 6.60. The van der Waals surface area contributed by atoms with Crippen LogP contribution in [0.25, 0.3) is 0 Å². The van der Waals surface area contributed by atoms with Gasteiger partial charge in [0.05, 0.1) is 6.61 Å². The number of amides is 1. The van der Waals surface area contributed by atoms with Gasteiger partial charge in [0, 0.05) is 13.5 Å². The largest absolute Gasteiger partial charge is 0.494 e. The highest BCUT2D eigenvalue weighted by atomic mass is 16.5. The molecular formula is C16H25NO4. The van der Waals surface area contributed by atoms with Crippen LogP contribution in [0.3, 0.4) is 0 Å². The first-order valence-corrected chi connectivity index (χ1v) is 7.38. The summed E-state index contributed by atoms with van der Waals surface area (Å²) >= 11 is 0. The minimum atomic E-state index is -1.04. The predicted molar refractivity (Wildman–Crippen MR) is 81.1 cm³/mol. The Morgan fingerprint density at radius 2 is 1.90 bits per heavy atom. The first kappa shape index (κ1) is 17.5. The van der Waals surface area contributed by atoms with Crippen LogP contribution in [-0.2, 0) is 4.79 Å². The Balaban J connectivity index is 2.46. The second-order valence-corrected chi connectivity index (χ2v) is 5.07. The van der Waals surface area contributed by atoms with Crippen LogP contribution in [0.5, 0.6) is 5.75 Å². The highest BCUT2D eigenvalue weighted by Crippen LogP contribution is 2.20. The fourth-order valence-electron chi connectivity index (χ4n) is 1.89. The lowest BCUT2D eigenvalue weighted by Crippen LogP contribution is -2.34. The van der Waals surface area contributed by atoms with Gasteiger partial charge in [-0.1, -0.05) is 31.9 Å². The van der Waals surface area contributed by atoms with Gasteiger partial charge in [0.1, 0.15) is 18.0 Å². The Kier molecular flexibility index (Phi) is 7.79. The Morgan fingerprint density at radius 3 is 2.48 bits per heavy atom. The maximum absolute atomic E-state index is 10.8. The molecule has 0 aliphatic carbocycles. The van der Waals surface area contributed by atoms with Crippen LogP contribution in [-0.4, -0.2) is 35.4 Å². The summed E-state index contributed by atoms with van der Waals surface area (Å²) < 4.78 is 5.58. The molecule has 1 amide bonds. The van der Waals surface area contributed by atoms with Crippen molar-refractivity contribution in [2.24, 2.45) is 0 Å². The number of hydrogen-bond acceptors (Lipinski definition) is 4. The standard InChI is InChI=1S/C16H25NO4/c1-3-4-5-10-21-14-8-6-13(7-9-14)16(20)15(19)11-17-12(2)18/h6-9,15-16,19-20H,3-5,10-11H2,1-2H3,(H,17,18). The van der Waals surface area contributed by atoms with E-state index in [2.05, 4.69) is 12.2 Å². The van der Waals surface area contributed by atoms with E-state index in [1.165, 1.54) is 6.92 Å². The Morgan fingerprint density at radius 1 is 1.24 bits per heavy atom. The average Bonchev–Trinajstić information content (AvgIpc) is 2.49. The molecule has 0 bridgehead atoms. The smallest absolute Gasteiger partial charge is 0.216 e. The molecule has 1 rings (SSSR count). The van der Waals surface area contributed by atoms with Gasteiger partial charge in [0.2, 0.25) is 5.91 Å². The molecule has 21 heavy (non-hydrogen) atoms. The van der Waals surface area contributed by atoms with E-state index in [0.717, 1.165) is 25.0 Å². The Labute approximate surface area is 125 Å². The van der Waals surface area contributed by atoms with Crippen molar-refractivity contribution < 1.29 is 19.7 Å². The molecule has 0 saturated carbocycles. The van der Waals surface area contributed by atoms with Crippen LogP contribution < -0.4 is 10.1 Å². The molecule has 0 aromatic heterocycles. The first-order valence-electron chi connectivity index (χ1n) is 7.38. The van der Waals surface area contributed by atoms with Crippen molar-refractivity contribution in [1.29, 1.82) is 0 Å². The highest BCUT2D eigenvalue weighted by molar-refractivity contribution is 5.72. The third-order valence-corrected chi connectivity index (χ3v) is 3.16. The molecule has 0 fully saturated rings. The van der Waals surface area contributed by atoms with Gasteiger partial charge in [-0.15, -0.1) is 0 Å². The van der Waals surface area contributed by atoms with Gasteiger partial charge >= 0.3 is 0 Å². The number of hydrogen-bond donors (Lipinski definition) is 3. The van der Waals surface area contributed by atoms with Crippen molar-refractivity contribution in [2.75, 3.05) is 13.2 Å². The average molecular weight is 295 g/mol. The van der Waals surface area contributed by atoms with E-state index in [4.69, 9.17) is 4.74 Å². The zero-order valence-electron chi connectivity index (χ0n) is 12.7. The molecule has 0 saturated heterocycles. The summed E-state index contributed by atoms with van der Waals surface area (Å²) in [6, 6.07) is 6.98. The lowest BCUT2D eigenvalue weighted by Gasteiger charge is -2.18. The fraction of sp³-hybridized carbons (Fsp3) is 0.562. The van der Waals surface area contributed by atoms with E-state index in [1.807, 2.05) is 0 Å². The van der Waals surface area contributed by atoms with Gasteiger partial charge in [0.25, 0.3) is 0 Å². The summed E-state index contributed by atoms with van der Waals surface area (Å²) in [6.45, 7) is 4.21. The lowest BCUT2D eigenvalue weighted by atomic mass is 10.0. The molecule has 5 heteroatoms. The summed E-state index contributed by atoms with van der Waals surface area (Å²) in [5.74, 6) is 0.510. The van der Waals surface area contributed by atoms with Gasteiger partial charge in [-0.2, -0.15) is 0 Å². The van der Waals surface area contributed by atoms with Crippen molar-refractivity contribution in [3.8, 4) is 5.75 Å². The molecule has 1 aromatic rings. The lowest BCUT2D eigenvalue weighted by molar-refractivity contribution is -0.119. The number of aliphatic hydroxyl groups is 2. The zero-order valence-corrected chi connectivity index (χ0v) is 12.7. The van der Waals surface area contributed by atoms with Gasteiger partial charge < -0.3 is 20.3 Å². The molecule has 3 N–H and O–H groups in total. The minimum absolute atomic E-state index is 0.0196. The predicted octanol–water partition coefficient (Wildman–Crippen LogP) is 1.79. The van der Waals surface area contributed by atoms with E-state index in [1.54, 1.807) is 24.3 Å². The zero-order chi connectivity index (χ0) is 15.7. The molecule has 0 spiro atoms. The topological polar surface area (TPSA) is 78.8 Å². The van der Waals surface area contributed by atoms with E-state index >= 15 is 0 Å². The minimum Gasteiger partial charge on any atom is -0.494 e. The SMILES string of the molecule is CCCCCOc1ccc(C(O)C(O)CNC(C)=O)cc1. The van der Waals surface area contributed by atoms with Crippen molar-refractivity contribution in [2.45, 2.75) is 45.3 Å². The van der Waals surface area contributed by atoms with Crippen molar-refractivity contribution >= 4 is 5.91 Å². The summed E-state index contributed by atoms with van der Waals surface area (Å²) in [4.78, 5) is 10.8. The summed E-state index contributed by atoms with van der Waals surface area (Å²) in [7, 11) is 0. The molecule has 0 heterocycles. The van der Waals surface area contributed by atoms with Gasteiger partial charge in [0.15, 0.2) is 0 Å². The molecule has 2 atom stereocenters. The van der Waals surface area contributed by atoms with Crippen LogP contribution in [0.4, 0.5) is 0 Å². The molecule has 0 aliphatic rings. The quantitative estimate of drug-likeness (QED) is 0.607. The second kappa shape index (κ2) is 9.37. The molecule has 5 nitrogen and oxygen atoms in total. The molecule has 0 radical (unpaired) electrons. The van der Waals surface area contributed by atoms with Gasteiger partial charge in [-0.05, 0) is 24.1 Å². The fourth-order valence-corrected chi connectivity index (χ4v) is 1.89. The number of rotatable bonds is 9. The number of carbonyl (C=O) groups excluding carboxylic acids is 1. The van der Waals surface area contributed by atoms with E-state index in [0.29, 0.717) is 12.2 Å². The van der Waals surface area contributed by atoms with Crippen LogP contribution in [0, 0.1) is 0 Å². The highest BCUT2D eigenvalue weighted by Gasteiger charge is 2.18. The van der Waals surface area contributed by atoms with E-state index in [9.17, 15) is 15.0 Å². The second-order valence-electron chi connectivity index (χ2n) is 5.07. The number of benzene rings is 1. The summed E-state index contributed by atoms with van der Waals surface area (Å²) in [5, 5.41) is 22.3. The van der Waals surface area contributed by atoms with Crippen LogP contribution in [0.15, 0.2) is 24.3 Å². The van der Waals surface area contributed by atoms with Gasteiger partial charge in [-0.25, -0.2) is 0 Å². The van der Waals surface area contributed by atoms with Crippen LogP contribution >= 0.6 is 0 Å². The first-order chi connectivity index (χ1) is 10.0. The van der Waals surface area contributed by atoms with E-state index < -0.39 is 12.2 Å². The van der Waals surface area contributed by atoms with Crippen molar-refractivity contribution in [3.63, 3.8) is 0 Å². The number of unbranched alkanes of at least 4 members (excludes halogenated alkanes) is 2. The molecule has 1 aromatic carbocycles. The Hall–Kier alpha value is -1.59. The summed E-state index contributed by atoms with van der Waals surface area (Å²) in [5.41, 5.74) is 0.591. The summed E-state index contributed by atoms with van der Waals surface area (Å²) in [6.07, 6.45) is 1.25. The monoisotopic (exact) mass is 295 g/mol. The van der Waals surface area contributed by atoms with E-state index in [-0.39, 0.29) is 12.5 Å². The number of ether oxygens (including phenoxy) is 1. The number of nitrogens with one attached hydrogen (secondary N) is 1. The normalized spacial score (nSPS) is 13.5. The molecule has 0 aliphatic heterocycles. The van der Waals surface area contributed by atoms with Crippen LogP contribution in [0.2, 0.25) is 0 Å².